The molecule has 1 unspecified atom stereocenters. The Balaban J connectivity index is 1.91. The van der Waals surface area contributed by atoms with Gasteiger partial charge in [0.1, 0.15) is 0 Å². The van der Waals surface area contributed by atoms with Gasteiger partial charge in [0.15, 0.2) is 0 Å². The van der Waals surface area contributed by atoms with Crippen molar-refractivity contribution in [3.8, 4) is 0 Å². The summed E-state index contributed by atoms with van der Waals surface area (Å²) in [6.45, 7) is 1.21. The van der Waals surface area contributed by atoms with Crippen LogP contribution < -0.4 is 0 Å². The molecule has 1 nitrogen and oxygen atoms in total. The second kappa shape index (κ2) is 6.55. The quantitative estimate of drug-likeness (QED) is 0.734. The Morgan fingerprint density at radius 3 is 2.75 bits per heavy atom. The van der Waals surface area contributed by atoms with Gasteiger partial charge in [0.05, 0.1) is 0 Å². The monoisotopic (exact) mass is 285 g/mol. The Kier molecular flexibility index (Phi) is 4.54. The third-order valence-electron chi connectivity index (χ3n) is 4.38. The minimum atomic E-state index is 0.516. The van der Waals surface area contributed by atoms with Crippen molar-refractivity contribution in [2.24, 2.45) is 0 Å². The van der Waals surface area contributed by atoms with Gasteiger partial charge in [-0.05, 0) is 61.8 Å². The van der Waals surface area contributed by atoms with Crippen LogP contribution in [0.5, 0.6) is 0 Å². The summed E-state index contributed by atoms with van der Waals surface area (Å²) < 4.78 is 0. The van der Waals surface area contributed by atoms with Crippen LogP contribution in [-0.4, -0.2) is 18.5 Å². The minimum Gasteiger partial charge on any atom is -0.299 e. The van der Waals surface area contributed by atoms with E-state index in [0.29, 0.717) is 6.04 Å². The molecule has 0 N–H and O–H groups in total. The van der Waals surface area contributed by atoms with Gasteiger partial charge in [-0.3, -0.25) is 4.90 Å². The number of likely N-dealkylation sites (N-methyl/N-ethyl adjacent to an activating group) is 1. The van der Waals surface area contributed by atoms with Crippen LogP contribution in [0, 0.1) is 0 Å². The molecule has 1 atom stereocenters. The van der Waals surface area contributed by atoms with E-state index >= 15 is 0 Å². The van der Waals surface area contributed by atoms with E-state index in [-0.39, 0.29) is 0 Å². The van der Waals surface area contributed by atoms with Crippen molar-refractivity contribution in [2.45, 2.75) is 38.1 Å². The van der Waals surface area contributed by atoms with Crippen LogP contribution >= 0.6 is 11.3 Å². The van der Waals surface area contributed by atoms with Crippen molar-refractivity contribution >= 4 is 11.3 Å². The van der Waals surface area contributed by atoms with E-state index in [1.807, 2.05) is 11.3 Å². The third kappa shape index (κ3) is 3.13. The maximum Gasteiger partial charge on any atom is 0.0385 e. The van der Waals surface area contributed by atoms with E-state index in [9.17, 15) is 0 Å². The molecule has 2 heterocycles. The molecule has 0 bridgehead atoms. The van der Waals surface area contributed by atoms with Crippen LogP contribution in [0.4, 0.5) is 0 Å². The number of hydrogen-bond acceptors (Lipinski definition) is 2. The molecule has 0 spiro atoms. The first kappa shape index (κ1) is 13.8. The van der Waals surface area contributed by atoms with Gasteiger partial charge in [0, 0.05) is 10.9 Å². The molecule has 1 aliphatic rings. The van der Waals surface area contributed by atoms with Gasteiger partial charge >= 0.3 is 0 Å². The largest absolute Gasteiger partial charge is 0.299 e. The predicted octanol–water partition coefficient (Wildman–Crippen LogP) is 4.69. The Labute approximate surface area is 126 Å². The van der Waals surface area contributed by atoms with E-state index in [2.05, 4.69) is 53.7 Å². The molecule has 1 aliphatic heterocycles. The molecular formula is C18H23NS. The Morgan fingerprint density at radius 2 is 1.90 bits per heavy atom. The molecule has 0 fully saturated rings. The standard InChI is InChI=1S/C18H23NS/c1-19-12-7-3-6-10-18-16(11-13-20-18)14-17(19)15-8-4-2-5-9-15/h2,4-5,8-9,11,13,17H,3,6-7,10,12,14H2,1H3. The Hall–Kier alpha value is -1.12. The lowest BCUT2D eigenvalue weighted by molar-refractivity contribution is 0.236. The van der Waals surface area contributed by atoms with Crippen LogP contribution in [0.15, 0.2) is 41.8 Å². The first-order valence-corrected chi connectivity index (χ1v) is 8.53. The minimum absolute atomic E-state index is 0.516. The summed E-state index contributed by atoms with van der Waals surface area (Å²) in [5, 5.41) is 2.27. The summed E-state index contributed by atoms with van der Waals surface area (Å²) >= 11 is 1.94. The molecule has 0 saturated carbocycles. The summed E-state index contributed by atoms with van der Waals surface area (Å²) in [5.74, 6) is 0. The van der Waals surface area contributed by atoms with Crippen LogP contribution in [0.25, 0.3) is 0 Å². The molecule has 0 radical (unpaired) electrons. The zero-order valence-electron chi connectivity index (χ0n) is 12.2. The summed E-state index contributed by atoms with van der Waals surface area (Å²) in [6, 6.07) is 13.8. The fourth-order valence-corrected chi connectivity index (χ4v) is 4.12. The van der Waals surface area contributed by atoms with Crippen molar-refractivity contribution in [3.63, 3.8) is 0 Å². The summed E-state index contributed by atoms with van der Waals surface area (Å²) in [5.41, 5.74) is 3.02. The van der Waals surface area contributed by atoms with Crippen molar-refractivity contribution in [2.75, 3.05) is 13.6 Å². The zero-order chi connectivity index (χ0) is 13.8. The highest BCUT2D eigenvalue weighted by molar-refractivity contribution is 7.10. The number of nitrogens with zero attached hydrogens (tertiary/aromatic N) is 1. The molecule has 1 aromatic carbocycles. The second-order valence-electron chi connectivity index (χ2n) is 5.79. The third-order valence-corrected chi connectivity index (χ3v) is 5.41. The number of benzene rings is 1. The van der Waals surface area contributed by atoms with Crippen molar-refractivity contribution in [1.82, 2.24) is 4.90 Å². The summed E-state index contributed by atoms with van der Waals surface area (Å²) in [7, 11) is 2.28. The first-order chi connectivity index (χ1) is 9.84. The maximum absolute atomic E-state index is 2.54. The van der Waals surface area contributed by atoms with E-state index in [1.54, 1.807) is 10.4 Å². The molecule has 3 rings (SSSR count). The normalized spacial score (nSPS) is 21.4. The molecular weight excluding hydrogens is 262 g/mol. The van der Waals surface area contributed by atoms with Crippen LogP contribution in [0.1, 0.15) is 41.3 Å². The maximum atomic E-state index is 2.54. The van der Waals surface area contributed by atoms with Gasteiger partial charge in [-0.15, -0.1) is 11.3 Å². The molecule has 20 heavy (non-hydrogen) atoms. The Bertz CT molecular complexity index is 531. The van der Waals surface area contributed by atoms with E-state index in [4.69, 9.17) is 0 Å². The number of thiophene rings is 1. The molecule has 2 heteroatoms. The topological polar surface area (TPSA) is 3.24 Å². The lowest BCUT2D eigenvalue weighted by Gasteiger charge is -2.29. The average Bonchev–Trinajstić information content (AvgIpc) is 2.92. The number of aryl methyl sites for hydroxylation is 1. The van der Waals surface area contributed by atoms with E-state index < -0.39 is 0 Å². The van der Waals surface area contributed by atoms with Crippen LogP contribution in [-0.2, 0) is 12.8 Å². The van der Waals surface area contributed by atoms with E-state index in [0.717, 1.165) is 6.42 Å². The molecule has 0 amide bonds. The lowest BCUT2D eigenvalue weighted by atomic mass is 9.95. The molecule has 0 saturated heterocycles. The fraction of sp³-hybridized carbons (Fsp3) is 0.444. The smallest absolute Gasteiger partial charge is 0.0385 e. The SMILES string of the molecule is CN1CCCCCc2sccc2CC1c1ccccc1. The molecule has 0 aliphatic carbocycles. The average molecular weight is 285 g/mol. The van der Waals surface area contributed by atoms with Gasteiger partial charge in [-0.1, -0.05) is 36.8 Å². The van der Waals surface area contributed by atoms with Crippen LogP contribution in [0.3, 0.4) is 0 Å². The first-order valence-electron chi connectivity index (χ1n) is 7.65. The lowest BCUT2D eigenvalue weighted by Crippen LogP contribution is -2.28. The second-order valence-corrected chi connectivity index (χ2v) is 6.79. The highest BCUT2D eigenvalue weighted by atomic mass is 32.1. The van der Waals surface area contributed by atoms with Gasteiger partial charge in [0.2, 0.25) is 0 Å². The van der Waals surface area contributed by atoms with Gasteiger partial charge in [-0.2, -0.15) is 0 Å². The van der Waals surface area contributed by atoms with Crippen molar-refractivity contribution in [3.05, 3.63) is 57.8 Å². The number of rotatable bonds is 1. The van der Waals surface area contributed by atoms with Crippen LogP contribution in [0.2, 0.25) is 0 Å². The number of fused-ring (bicyclic) bond motifs is 1. The number of hydrogen-bond donors (Lipinski definition) is 0. The molecule has 106 valence electrons. The van der Waals surface area contributed by atoms with Crippen molar-refractivity contribution < 1.29 is 0 Å². The predicted molar refractivity (Wildman–Crippen MR) is 87.4 cm³/mol. The van der Waals surface area contributed by atoms with Crippen molar-refractivity contribution in [1.29, 1.82) is 0 Å². The summed E-state index contributed by atoms with van der Waals surface area (Å²) in [6.07, 6.45) is 6.44. The summed E-state index contributed by atoms with van der Waals surface area (Å²) in [4.78, 5) is 4.16. The highest BCUT2D eigenvalue weighted by Crippen LogP contribution is 2.30. The Morgan fingerprint density at radius 1 is 1.05 bits per heavy atom. The van der Waals surface area contributed by atoms with Gasteiger partial charge in [0.25, 0.3) is 0 Å². The zero-order valence-corrected chi connectivity index (χ0v) is 13.0. The molecule has 2 aromatic rings. The van der Waals surface area contributed by atoms with E-state index in [1.165, 1.54) is 37.8 Å². The van der Waals surface area contributed by atoms with Gasteiger partial charge in [-0.25, -0.2) is 0 Å². The fourth-order valence-electron chi connectivity index (χ4n) is 3.16. The van der Waals surface area contributed by atoms with Gasteiger partial charge < -0.3 is 0 Å². The highest BCUT2D eigenvalue weighted by Gasteiger charge is 2.20. The molecule has 1 aromatic heterocycles.